The molecule has 1 aromatic heterocycles. The molecule has 9 nitrogen and oxygen atoms in total. The van der Waals surface area contributed by atoms with Gasteiger partial charge in [0.2, 0.25) is 0 Å². The Bertz CT molecular complexity index is 1500. The molecule has 3 aromatic carbocycles. The van der Waals surface area contributed by atoms with E-state index in [1.165, 1.54) is 25.5 Å². The number of nitrogens with one attached hydrogen (secondary N) is 1. The van der Waals surface area contributed by atoms with Crippen molar-refractivity contribution < 1.29 is 26.5 Å². The van der Waals surface area contributed by atoms with Gasteiger partial charge in [0, 0.05) is 0 Å². The second-order valence-corrected chi connectivity index (χ2v) is 11.0. The third kappa shape index (κ3) is 6.36. The number of hydrogen-bond donors (Lipinski definition) is 1. The van der Waals surface area contributed by atoms with Crippen LogP contribution in [-0.4, -0.2) is 38.4 Å². The number of oxazole rings is 1. The fourth-order valence-corrected chi connectivity index (χ4v) is 5.48. The van der Waals surface area contributed by atoms with Gasteiger partial charge in [-0.3, -0.25) is 4.79 Å². The zero-order valence-corrected chi connectivity index (χ0v) is 22.9. The number of fused-ring (bicyclic) bond motifs is 1. The Labute approximate surface area is 225 Å². The Hall–Kier alpha value is -3.10. The van der Waals surface area contributed by atoms with Gasteiger partial charge in [-0.05, 0) is 71.5 Å². The molecule has 0 saturated carbocycles. The van der Waals surface area contributed by atoms with Gasteiger partial charge in [-0.1, -0.05) is 41.6 Å². The fraction of sp³-hybridized carbons (Fsp3) is 0.125. The van der Waals surface area contributed by atoms with Crippen molar-refractivity contribution in [1.82, 2.24) is 10.4 Å². The molecule has 0 aliphatic heterocycles. The molecule has 0 bridgehead atoms. The number of hydrogen-bond acceptors (Lipinski definition) is 9. The summed E-state index contributed by atoms with van der Waals surface area (Å²) < 4.78 is 42.2. The minimum atomic E-state index is -4.05. The maximum atomic E-state index is 12.7. The van der Waals surface area contributed by atoms with Gasteiger partial charge in [-0.25, -0.2) is 10.4 Å². The second-order valence-electron chi connectivity index (χ2n) is 7.41. The number of amides is 1. The molecule has 186 valence electrons. The van der Waals surface area contributed by atoms with Gasteiger partial charge in [0.25, 0.3) is 11.1 Å². The zero-order valence-electron chi connectivity index (χ0n) is 19.1. The van der Waals surface area contributed by atoms with Crippen LogP contribution >= 0.6 is 34.4 Å². The highest BCUT2D eigenvalue weighted by Gasteiger charge is 2.22. The highest BCUT2D eigenvalue weighted by Crippen LogP contribution is 2.35. The lowest BCUT2D eigenvalue weighted by atomic mass is 10.2. The quantitative estimate of drug-likeness (QED) is 0.0918. The summed E-state index contributed by atoms with van der Waals surface area (Å²) in [5, 5.41) is 4.36. The van der Waals surface area contributed by atoms with Crippen LogP contribution in [0.25, 0.3) is 11.1 Å². The summed E-state index contributed by atoms with van der Waals surface area (Å²) in [5.41, 5.74) is 5.32. The van der Waals surface area contributed by atoms with Crippen molar-refractivity contribution in [2.75, 3.05) is 12.9 Å². The van der Waals surface area contributed by atoms with E-state index in [0.29, 0.717) is 19.9 Å². The van der Waals surface area contributed by atoms with E-state index in [9.17, 15) is 13.2 Å². The van der Waals surface area contributed by atoms with Gasteiger partial charge in [0.05, 0.1) is 22.6 Å². The Kier molecular flexibility index (Phi) is 8.16. The number of benzene rings is 3. The molecule has 0 aliphatic carbocycles. The van der Waals surface area contributed by atoms with Gasteiger partial charge in [0.15, 0.2) is 17.1 Å². The number of nitrogens with zero attached hydrogens (tertiary/aromatic N) is 2. The third-order valence-corrected chi connectivity index (χ3v) is 7.62. The van der Waals surface area contributed by atoms with Crippen molar-refractivity contribution in [2.24, 2.45) is 5.10 Å². The maximum Gasteiger partial charge on any atom is 0.339 e. The molecule has 0 aliphatic rings. The number of hydrazone groups is 1. The van der Waals surface area contributed by atoms with Crippen LogP contribution in [0.5, 0.6) is 11.5 Å². The number of thioether (sulfide) groups is 1. The SMILES string of the molecule is COc1cc(/C=N\NC(=O)CSc2nc3ccccc3o2)cc(I)c1OS(=O)(=O)c1ccc(C)cc1. The van der Waals surface area contributed by atoms with E-state index in [2.05, 4.69) is 15.5 Å². The van der Waals surface area contributed by atoms with Gasteiger partial charge in [-0.2, -0.15) is 13.5 Å². The summed E-state index contributed by atoms with van der Waals surface area (Å²) in [7, 11) is -2.65. The monoisotopic (exact) mass is 637 g/mol. The van der Waals surface area contributed by atoms with Gasteiger partial charge in [0.1, 0.15) is 10.4 Å². The summed E-state index contributed by atoms with van der Waals surface area (Å²) in [5.74, 6) is -0.00919. The molecule has 36 heavy (non-hydrogen) atoms. The molecule has 0 saturated heterocycles. The molecule has 0 radical (unpaired) electrons. The standard InChI is InChI=1S/C24H20IN3O6S2/c1-15-7-9-17(10-8-15)36(30,31)34-23-18(25)11-16(12-21(23)32-2)13-26-28-22(29)14-35-24-27-19-5-3-4-6-20(19)33-24/h3-13H,14H2,1-2H3,(H,28,29)/b26-13-. The van der Waals surface area contributed by atoms with Crippen molar-refractivity contribution in [2.45, 2.75) is 17.0 Å². The van der Waals surface area contributed by atoms with Crippen molar-refractivity contribution in [3.05, 3.63) is 75.4 Å². The topological polar surface area (TPSA) is 120 Å². The summed E-state index contributed by atoms with van der Waals surface area (Å²) >= 11 is 3.11. The lowest BCUT2D eigenvalue weighted by Gasteiger charge is -2.13. The van der Waals surface area contributed by atoms with E-state index in [1.807, 2.05) is 47.7 Å². The second kappa shape index (κ2) is 11.3. The van der Waals surface area contributed by atoms with Crippen LogP contribution in [0.2, 0.25) is 0 Å². The summed E-state index contributed by atoms with van der Waals surface area (Å²) in [6.07, 6.45) is 1.42. The average Bonchev–Trinajstić information content (AvgIpc) is 3.27. The molecular formula is C24H20IN3O6S2. The van der Waals surface area contributed by atoms with Gasteiger partial charge in [-0.15, -0.1) is 0 Å². The van der Waals surface area contributed by atoms with Crippen LogP contribution in [-0.2, 0) is 14.9 Å². The number of carbonyl (C=O) groups excluding carboxylic acids is 1. The fourth-order valence-electron chi connectivity index (χ4n) is 3.01. The number of aryl methyl sites for hydroxylation is 1. The molecule has 4 aromatic rings. The smallest absolute Gasteiger partial charge is 0.339 e. The first-order valence-electron chi connectivity index (χ1n) is 10.4. The van der Waals surface area contributed by atoms with Crippen molar-refractivity contribution in [1.29, 1.82) is 0 Å². The summed E-state index contributed by atoms with van der Waals surface area (Å²) in [6, 6.07) is 16.9. The molecule has 1 N–H and O–H groups in total. The van der Waals surface area contributed by atoms with Crippen LogP contribution in [0.4, 0.5) is 0 Å². The third-order valence-electron chi connectivity index (χ3n) is 4.76. The van der Waals surface area contributed by atoms with E-state index in [-0.39, 0.29) is 28.1 Å². The predicted molar refractivity (Wildman–Crippen MR) is 145 cm³/mol. The summed E-state index contributed by atoms with van der Waals surface area (Å²) in [6.45, 7) is 1.86. The Morgan fingerprint density at radius 2 is 1.94 bits per heavy atom. The number of carbonyl (C=O) groups is 1. The van der Waals surface area contributed by atoms with Gasteiger partial charge < -0.3 is 13.3 Å². The van der Waals surface area contributed by atoms with E-state index in [4.69, 9.17) is 13.3 Å². The van der Waals surface area contributed by atoms with E-state index >= 15 is 0 Å². The van der Waals surface area contributed by atoms with Crippen molar-refractivity contribution in [3.63, 3.8) is 0 Å². The highest BCUT2D eigenvalue weighted by molar-refractivity contribution is 14.1. The Morgan fingerprint density at radius 3 is 2.67 bits per heavy atom. The highest BCUT2D eigenvalue weighted by atomic mass is 127. The van der Waals surface area contributed by atoms with Crippen LogP contribution < -0.4 is 14.3 Å². The Morgan fingerprint density at radius 1 is 1.19 bits per heavy atom. The van der Waals surface area contributed by atoms with Crippen molar-refractivity contribution in [3.8, 4) is 11.5 Å². The molecule has 4 rings (SSSR count). The van der Waals surface area contributed by atoms with E-state index in [1.54, 1.807) is 30.3 Å². The summed E-state index contributed by atoms with van der Waals surface area (Å²) in [4.78, 5) is 16.5. The molecule has 1 amide bonds. The molecule has 0 fully saturated rings. The molecule has 1 heterocycles. The van der Waals surface area contributed by atoms with Crippen LogP contribution in [0.3, 0.4) is 0 Å². The first-order valence-corrected chi connectivity index (χ1v) is 13.9. The number of methoxy groups -OCH3 is 1. The van der Waals surface area contributed by atoms with Crippen LogP contribution in [0, 0.1) is 10.5 Å². The normalized spacial score (nSPS) is 11.6. The molecule has 0 spiro atoms. The lowest BCUT2D eigenvalue weighted by Crippen LogP contribution is -2.19. The Balaban J connectivity index is 1.39. The van der Waals surface area contributed by atoms with Crippen LogP contribution in [0.1, 0.15) is 11.1 Å². The predicted octanol–water partition coefficient (Wildman–Crippen LogP) is 4.76. The average molecular weight is 637 g/mol. The molecule has 0 unspecified atom stereocenters. The number of rotatable bonds is 9. The number of ether oxygens (including phenoxy) is 1. The van der Waals surface area contributed by atoms with E-state index < -0.39 is 10.1 Å². The number of para-hydroxylation sites is 2. The zero-order chi connectivity index (χ0) is 25.7. The molecule has 12 heteroatoms. The first-order chi connectivity index (χ1) is 17.2. The molecular weight excluding hydrogens is 617 g/mol. The largest absolute Gasteiger partial charge is 0.493 e. The first kappa shape index (κ1) is 26.0. The number of aromatic nitrogens is 1. The number of halogens is 1. The maximum absolute atomic E-state index is 12.7. The van der Waals surface area contributed by atoms with Crippen LogP contribution in [0.15, 0.2) is 80.3 Å². The van der Waals surface area contributed by atoms with E-state index in [0.717, 1.165) is 22.8 Å². The molecule has 0 atom stereocenters. The van der Waals surface area contributed by atoms with Crippen molar-refractivity contribution >= 4 is 67.7 Å². The minimum Gasteiger partial charge on any atom is -0.493 e. The lowest BCUT2D eigenvalue weighted by molar-refractivity contribution is -0.118. The van der Waals surface area contributed by atoms with Gasteiger partial charge >= 0.3 is 10.1 Å². The minimum absolute atomic E-state index is 0.0371.